The molecule has 1 aliphatic heterocycles. The van der Waals surface area contributed by atoms with Crippen LogP contribution in [0.15, 0.2) is 48.5 Å². The second kappa shape index (κ2) is 6.40. The van der Waals surface area contributed by atoms with Crippen molar-refractivity contribution in [3.05, 3.63) is 59.7 Å². The van der Waals surface area contributed by atoms with Crippen molar-refractivity contribution in [1.29, 1.82) is 0 Å². The molecule has 0 spiro atoms. The van der Waals surface area contributed by atoms with E-state index in [2.05, 4.69) is 4.74 Å². The highest BCUT2D eigenvalue weighted by molar-refractivity contribution is 6.00. The van der Waals surface area contributed by atoms with Gasteiger partial charge in [0.1, 0.15) is 5.75 Å². The van der Waals surface area contributed by atoms with Crippen molar-refractivity contribution in [3.8, 4) is 5.75 Å². The number of anilines is 1. The number of carbonyl (C=O) groups is 1. The lowest BCUT2D eigenvalue weighted by Crippen LogP contribution is -2.49. The van der Waals surface area contributed by atoms with Crippen molar-refractivity contribution in [2.45, 2.75) is 31.8 Å². The van der Waals surface area contributed by atoms with Crippen LogP contribution in [0, 0.1) is 0 Å². The first-order valence-corrected chi connectivity index (χ1v) is 7.78. The number of ether oxygens (including phenoxy) is 1. The van der Waals surface area contributed by atoms with E-state index in [9.17, 15) is 18.0 Å². The first kappa shape index (κ1) is 17.3. The van der Waals surface area contributed by atoms with Gasteiger partial charge in [-0.3, -0.25) is 4.79 Å². The van der Waals surface area contributed by atoms with Gasteiger partial charge in [-0.15, -0.1) is 13.2 Å². The van der Waals surface area contributed by atoms with E-state index in [1.165, 1.54) is 23.1 Å². The van der Waals surface area contributed by atoms with Crippen molar-refractivity contribution in [3.63, 3.8) is 0 Å². The minimum absolute atomic E-state index is 0.256. The Balaban J connectivity index is 1.96. The average molecular weight is 350 g/mol. The molecule has 2 N–H and O–H groups in total. The molecule has 1 heterocycles. The summed E-state index contributed by atoms with van der Waals surface area (Å²) < 4.78 is 41.3. The quantitative estimate of drug-likeness (QED) is 0.921. The normalized spacial score (nSPS) is 18.7. The molecule has 0 saturated carbocycles. The fourth-order valence-corrected chi connectivity index (χ4v) is 3.06. The molecule has 7 heteroatoms. The molecule has 0 saturated heterocycles. The molecule has 0 aromatic heterocycles. The van der Waals surface area contributed by atoms with E-state index in [-0.39, 0.29) is 11.7 Å². The molecule has 0 aliphatic carbocycles. The summed E-state index contributed by atoms with van der Waals surface area (Å²) in [6, 6.07) is 11.8. The Morgan fingerprint density at radius 3 is 2.64 bits per heavy atom. The number of benzene rings is 2. The molecule has 132 valence electrons. The first-order chi connectivity index (χ1) is 11.8. The van der Waals surface area contributed by atoms with Crippen molar-refractivity contribution < 1.29 is 22.7 Å². The number of amides is 1. The molecule has 1 aliphatic rings. The second-order valence-corrected chi connectivity index (χ2v) is 5.94. The molecule has 3 rings (SSSR count). The molecular formula is C18H17F3N2O2. The number of halogens is 3. The van der Waals surface area contributed by atoms with Gasteiger partial charge in [0.05, 0.1) is 12.1 Å². The van der Waals surface area contributed by atoms with Gasteiger partial charge in [-0.2, -0.15) is 0 Å². The lowest BCUT2D eigenvalue weighted by atomic mass is 9.94. The number of rotatable bonds is 3. The molecule has 25 heavy (non-hydrogen) atoms. The Kier molecular flexibility index (Phi) is 4.43. The standard InChI is InChI=1S/C18H17F3N2O2/c1-11(12-6-4-7-14(9-12)25-18(19,20)21)23-16-8-3-2-5-13(16)10-15(22)17(23)24/h2-9,11,15H,10,22H2,1H3/t11-,15+/m0/s1. The molecule has 2 atom stereocenters. The molecule has 4 nitrogen and oxygen atoms in total. The lowest BCUT2D eigenvalue weighted by molar-refractivity contribution is -0.274. The molecule has 0 fully saturated rings. The Morgan fingerprint density at radius 2 is 1.92 bits per heavy atom. The van der Waals surface area contributed by atoms with Crippen LogP contribution >= 0.6 is 0 Å². The predicted molar refractivity (Wildman–Crippen MR) is 87.1 cm³/mol. The summed E-state index contributed by atoms with van der Waals surface area (Å²) >= 11 is 0. The highest BCUT2D eigenvalue weighted by Crippen LogP contribution is 2.35. The van der Waals surface area contributed by atoms with Crippen LogP contribution in [-0.2, 0) is 11.2 Å². The third-order valence-corrected chi connectivity index (χ3v) is 4.21. The molecule has 0 bridgehead atoms. The smallest absolute Gasteiger partial charge is 0.406 e. The van der Waals surface area contributed by atoms with E-state index >= 15 is 0 Å². The zero-order valence-electron chi connectivity index (χ0n) is 13.5. The monoisotopic (exact) mass is 350 g/mol. The van der Waals surface area contributed by atoms with Crippen LogP contribution in [0.1, 0.15) is 24.1 Å². The largest absolute Gasteiger partial charge is 0.573 e. The molecular weight excluding hydrogens is 333 g/mol. The number of hydrogen-bond acceptors (Lipinski definition) is 3. The van der Waals surface area contributed by atoms with Gasteiger partial charge < -0.3 is 15.4 Å². The van der Waals surface area contributed by atoms with Gasteiger partial charge >= 0.3 is 6.36 Å². The van der Waals surface area contributed by atoms with E-state index in [1.807, 2.05) is 24.3 Å². The molecule has 2 aromatic carbocycles. The summed E-state index contributed by atoms with van der Waals surface area (Å²) in [4.78, 5) is 14.1. The summed E-state index contributed by atoms with van der Waals surface area (Å²) in [6.45, 7) is 1.75. The van der Waals surface area contributed by atoms with Crippen LogP contribution in [0.2, 0.25) is 0 Å². The topological polar surface area (TPSA) is 55.6 Å². The number of alkyl halides is 3. The lowest BCUT2D eigenvalue weighted by Gasteiger charge is -2.37. The van der Waals surface area contributed by atoms with Crippen LogP contribution in [-0.4, -0.2) is 18.3 Å². The maximum absolute atomic E-state index is 12.6. The first-order valence-electron chi connectivity index (χ1n) is 7.78. The Labute approximate surface area is 143 Å². The minimum Gasteiger partial charge on any atom is -0.406 e. The summed E-state index contributed by atoms with van der Waals surface area (Å²) in [7, 11) is 0. The van der Waals surface area contributed by atoms with Gasteiger partial charge in [0.25, 0.3) is 0 Å². The van der Waals surface area contributed by atoms with Gasteiger partial charge in [0, 0.05) is 5.69 Å². The van der Waals surface area contributed by atoms with Gasteiger partial charge in [-0.25, -0.2) is 0 Å². The van der Waals surface area contributed by atoms with Crippen molar-refractivity contribution in [2.24, 2.45) is 5.73 Å². The molecule has 1 amide bonds. The van der Waals surface area contributed by atoms with Gasteiger partial charge in [0.2, 0.25) is 5.91 Å². The molecule has 2 aromatic rings. The Bertz CT molecular complexity index is 792. The Hall–Kier alpha value is -2.54. The van der Waals surface area contributed by atoms with Crippen molar-refractivity contribution in [2.75, 3.05) is 4.90 Å². The number of para-hydroxylation sites is 1. The van der Waals surface area contributed by atoms with Gasteiger partial charge in [-0.05, 0) is 42.7 Å². The van der Waals surface area contributed by atoms with Crippen LogP contribution in [0.4, 0.5) is 18.9 Å². The van der Waals surface area contributed by atoms with Gasteiger partial charge in [-0.1, -0.05) is 30.3 Å². The third-order valence-electron chi connectivity index (χ3n) is 4.21. The number of carbonyl (C=O) groups excluding carboxylic acids is 1. The maximum atomic E-state index is 12.6. The Morgan fingerprint density at radius 1 is 1.20 bits per heavy atom. The fourth-order valence-electron chi connectivity index (χ4n) is 3.06. The van der Waals surface area contributed by atoms with Crippen LogP contribution in [0.5, 0.6) is 5.75 Å². The van der Waals surface area contributed by atoms with Crippen LogP contribution < -0.4 is 15.4 Å². The van der Waals surface area contributed by atoms with E-state index in [0.717, 1.165) is 11.3 Å². The van der Waals surface area contributed by atoms with Crippen LogP contribution in [0.3, 0.4) is 0 Å². The van der Waals surface area contributed by atoms with Crippen molar-refractivity contribution >= 4 is 11.6 Å². The average Bonchev–Trinajstić information content (AvgIpc) is 2.54. The zero-order valence-corrected chi connectivity index (χ0v) is 13.5. The second-order valence-electron chi connectivity index (χ2n) is 5.94. The SMILES string of the molecule is C[C@@H](c1cccc(OC(F)(F)F)c1)N1C(=O)[C@H](N)Cc2ccccc21. The summed E-state index contributed by atoms with van der Waals surface area (Å²) in [5, 5.41) is 0. The van der Waals surface area contributed by atoms with E-state index in [0.29, 0.717) is 12.0 Å². The molecule has 0 radical (unpaired) electrons. The fraction of sp³-hybridized carbons (Fsp3) is 0.278. The maximum Gasteiger partial charge on any atom is 0.573 e. The molecule has 0 unspecified atom stereocenters. The number of fused-ring (bicyclic) bond motifs is 1. The van der Waals surface area contributed by atoms with Gasteiger partial charge in [0.15, 0.2) is 0 Å². The predicted octanol–water partition coefficient (Wildman–Crippen LogP) is 3.56. The zero-order chi connectivity index (χ0) is 18.2. The highest BCUT2D eigenvalue weighted by atomic mass is 19.4. The summed E-state index contributed by atoms with van der Waals surface area (Å²) in [5.41, 5.74) is 8.13. The summed E-state index contributed by atoms with van der Waals surface area (Å²) in [6.07, 6.45) is -4.33. The minimum atomic E-state index is -4.77. The van der Waals surface area contributed by atoms with E-state index < -0.39 is 18.4 Å². The summed E-state index contributed by atoms with van der Waals surface area (Å²) in [5.74, 6) is -0.577. The number of nitrogens with two attached hydrogens (primary N) is 1. The van der Waals surface area contributed by atoms with Crippen LogP contribution in [0.25, 0.3) is 0 Å². The third kappa shape index (κ3) is 3.61. The number of nitrogens with zero attached hydrogens (tertiary/aromatic N) is 1. The van der Waals surface area contributed by atoms with E-state index in [4.69, 9.17) is 5.73 Å². The highest BCUT2D eigenvalue weighted by Gasteiger charge is 2.35. The van der Waals surface area contributed by atoms with E-state index in [1.54, 1.807) is 13.0 Å². The van der Waals surface area contributed by atoms with Crippen molar-refractivity contribution in [1.82, 2.24) is 0 Å². The number of hydrogen-bond donors (Lipinski definition) is 1.